The zero-order valence-electron chi connectivity index (χ0n) is 13.6. The first-order chi connectivity index (χ1) is 9.93. The fourth-order valence-electron chi connectivity index (χ4n) is 2.19. The van der Waals surface area contributed by atoms with Gasteiger partial charge in [-0.05, 0) is 64.8 Å². The Bertz CT molecular complexity index is 430. The molecule has 1 amide bonds. The molecule has 1 atom stereocenters. The lowest BCUT2D eigenvalue weighted by Gasteiger charge is -2.27. The Morgan fingerprint density at radius 3 is 2.38 bits per heavy atom. The number of nitrogens with zero attached hydrogens (tertiary/aromatic N) is 2. The van der Waals surface area contributed by atoms with Crippen LogP contribution in [0.3, 0.4) is 0 Å². The third-order valence-electron chi connectivity index (χ3n) is 3.56. The molecule has 0 bridgehead atoms. The average molecular weight is 292 g/mol. The monoisotopic (exact) mass is 292 g/mol. The van der Waals surface area contributed by atoms with E-state index >= 15 is 0 Å². The van der Waals surface area contributed by atoms with E-state index in [0.29, 0.717) is 5.69 Å². The first-order valence-electron chi connectivity index (χ1n) is 7.49. The smallest absolute Gasteiger partial charge is 0.241 e. The molecule has 3 N–H and O–H groups in total. The SMILES string of the molecule is CCN(CCCN(C)C)C(C)C(=O)Nc1ccc(N)cc1. The lowest BCUT2D eigenvalue weighted by atomic mass is 10.2. The van der Waals surface area contributed by atoms with Crippen LogP contribution in [-0.2, 0) is 4.79 Å². The quantitative estimate of drug-likeness (QED) is 0.718. The minimum atomic E-state index is -0.144. The van der Waals surface area contributed by atoms with E-state index in [1.54, 1.807) is 12.1 Å². The van der Waals surface area contributed by atoms with Crippen LogP contribution in [0.1, 0.15) is 20.3 Å². The number of nitrogen functional groups attached to an aromatic ring is 1. The van der Waals surface area contributed by atoms with Gasteiger partial charge in [-0.15, -0.1) is 0 Å². The van der Waals surface area contributed by atoms with Crippen molar-refractivity contribution < 1.29 is 4.79 Å². The molecule has 0 heterocycles. The van der Waals surface area contributed by atoms with Crippen molar-refractivity contribution in [2.45, 2.75) is 26.3 Å². The van der Waals surface area contributed by atoms with E-state index < -0.39 is 0 Å². The maximum Gasteiger partial charge on any atom is 0.241 e. The third-order valence-corrected chi connectivity index (χ3v) is 3.56. The van der Waals surface area contributed by atoms with Crippen molar-refractivity contribution >= 4 is 17.3 Å². The Kier molecular flexibility index (Phi) is 7.19. The largest absolute Gasteiger partial charge is 0.399 e. The van der Waals surface area contributed by atoms with Gasteiger partial charge < -0.3 is 16.0 Å². The topological polar surface area (TPSA) is 61.6 Å². The highest BCUT2D eigenvalue weighted by Crippen LogP contribution is 2.12. The molecule has 0 aliphatic heterocycles. The Morgan fingerprint density at radius 2 is 1.86 bits per heavy atom. The van der Waals surface area contributed by atoms with Crippen molar-refractivity contribution in [3.8, 4) is 0 Å². The summed E-state index contributed by atoms with van der Waals surface area (Å²) in [4.78, 5) is 16.7. The fraction of sp³-hybridized carbons (Fsp3) is 0.562. The molecule has 0 aliphatic rings. The van der Waals surface area contributed by atoms with Gasteiger partial charge in [0.1, 0.15) is 0 Å². The lowest BCUT2D eigenvalue weighted by molar-refractivity contribution is -0.120. The summed E-state index contributed by atoms with van der Waals surface area (Å²) in [6, 6.07) is 7.07. The Morgan fingerprint density at radius 1 is 1.24 bits per heavy atom. The summed E-state index contributed by atoms with van der Waals surface area (Å²) in [5.41, 5.74) is 7.12. The molecule has 118 valence electrons. The second-order valence-electron chi connectivity index (χ2n) is 5.57. The third kappa shape index (κ3) is 6.14. The number of amides is 1. The number of hydrogen-bond acceptors (Lipinski definition) is 4. The fourth-order valence-corrected chi connectivity index (χ4v) is 2.19. The second-order valence-corrected chi connectivity index (χ2v) is 5.57. The molecule has 1 aromatic rings. The normalized spacial score (nSPS) is 12.7. The molecular formula is C16H28N4O. The molecular weight excluding hydrogens is 264 g/mol. The summed E-state index contributed by atoms with van der Waals surface area (Å²) in [7, 11) is 4.13. The molecule has 0 saturated heterocycles. The average Bonchev–Trinajstić information content (AvgIpc) is 2.45. The molecule has 5 nitrogen and oxygen atoms in total. The summed E-state index contributed by atoms with van der Waals surface area (Å²) in [5, 5.41) is 2.94. The molecule has 5 heteroatoms. The van der Waals surface area contributed by atoms with Crippen LogP contribution in [0.2, 0.25) is 0 Å². The molecule has 0 radical (unpaired) electrons. The van der Waals surface area contributed by atoms with Crippen LogP contribution in [0.4, 0.5) is 11.4 Å². The van der Waals surface area contributed by atoms with Gasteiger partial charge in [0.25, 0.3) is 0 Å². The summed E-state index contributed by atoms with van der Waals surface area (Å²) in [5.74, 6) is 0.0199. The second kappa shape index (κ2) is 8.64. The van der Waals surface area contributed by atoms with Crippen molar-refractivity contribution in [3.05, 3.63) is 24.3 Å². The first-order valence-corrected chi connectivity index (χ1v) is 7.49. The summed E-state index contributed by atoms with van der Waals surface area (Å²) in [6.07, 6.45) is 1.06. The van der Waals surface area contributed by atoms with Crippen LogP contribution in [0.25, 0.3) is 0 Å². The number of nitrogens with one attached hydrogen (secondary N) is 1. The number of anilines is 2. The molecule has 0 saturated carbocycles. The van der Waals surface area contributed by atoms with Gasteiger partial charge in [0.2, 0.25) is 5.91 Å². The van der Waals surface area contributed by atoms with Gasteiger partial charge >= 0.3 is 0 Å². The number of hydrogen-bond donors (Lipinski definition) is 2. The van der Waals surface area contributed by atoms with E-state index in [-0.39, 0.29) is 11.9 Å². The van der Waals surface area contributed by atoms with Crippen molar-refractivity contribution in [1.82, 2.24) is 9.80 Å². The molecule has 1 rings (SSSR count). The molecule has 0 fully saturated rings. The molecule has 0 aliphatic carbocycles. The van der Waals surface area contributed by atoms with Gasteiger partial charge in [0, 0.05) is 17.9 Å². The standard InChI is InChI=1S/C16H28N4O/c1-5-20(12-6-11-19(3)4)13(2)16(21)18-15-9-7-14(17)8-10-15/h7-10,13H,5-6,11-12,17H2,1-4H3,(H,18,21). The van der Waals surface area contributed by atoms with Crippen molar-refractivity contribution in [1.29, 1.82) is 0 Å². The summed E-state index contributed by atoms with van der Waals surface area (Å²) in [6.45, 7) is 6.85. The van der Waals surface area contributed by atoms with Crippen LogP contribution < -0.4 is 11.1 Å². The van der Waals surface area contributed by atoms with Gasteiger partial charge in [-0.25, -0.2) is 0 Å². The van der Waals surface area contributed by atoms with Crippen LogP contribution in [0, 0.1) is 0 Å². The zero-order valence-corrected chi connectivity index (χ0v) is 13.6. The lowest BCUT2D eigenvalue weighted by Crippen LogP contribution is -2.43. The molecule has 1 unspecified atom stereocenters. The van der Waals surface area contributed by atoms with E-state index in [1.165, 1.54) is 0 Å². The molecule has 21 heavy (non-hydrogen) atoms. The predicted octanol–water partition coefficient (Wildman–Crippen LogP) is 1.87. The molecule has 0 aromatic heterocycles. The van der Waals surface area contributed by atoms with E-state index in [4.69, 9.17) is 5.73 Å². The predicted molar refractivity (Wildman–Crippen MR) is 89.4 cm³/mol. The highest BCUT2D eigenvalue weighted by atomic mass is 16.2. The van der Waals surface area contributed by atoms with Gasteiger partial charge in [0.15, 0.2) is 0 Å². The van der Waals surface area contributed by atoms with E-state index in [2.05, 4.69) is 36.1 Å². The Labute approximate surface area is 128 Å². The maximum atomic E-state index is 12.3. The van der Waals surface area contributed by atoms with Crippen molar-refractivity contribution in [2.24, 2.45) is 0 Å². The van der Waals surface area contributed by atoms with Gasteiger partial charge in [-0.1, -0.05) is 6.92 Å². The van der Waals surface area contributed by atoms with Crippen molar-refractivity contribution in [2.75, 3.05) is 44.8 Å². The minimum Gasteiger partial charge on any atom is -0.399 e. The first kappa shape index (κ1) is 17.5. The number of nitrogens with two attached hydrogens (primary N) is 1. The number of rotatable bonds is 8. The number of benzene rings is 1. The maximum absolute atomic E-state index is 12.3. The van der Waals surface area contributed by atoms with Crippen LogP contribution in [0.5, 0.6) is 0 Å². The van der Waals surface area contributed by atoms with Crippen LogP contribution >= 0.6 is 0 Å². The highest BCUT2D eigenvalue weighted by Gasteiger charge is 2.19. The molecule has 0 spiro atoms. The number of carbonyl (C=O) groups is 1. The Hall–Kier alpha value is -1.59. The Balaban J connectivity index is 2.52. The zero-order chi connectivity index (χ0) is 15.8. The van der Waals surface area contributed by atoms with Crippen molar-refractivity contribution in [3.63, 3.8) is 0 Å². The van der Waals surface area contributed by atoms with E-state index in [9.17, 15) is 4.79 Å². The number of carbonyl (C=O) groups excluding carboxylic acids is 1. The highest BCUT2D eigenvalue weighted by molar-refractivity contribution is 5.94. The minimum absolute atomic E-state index is 0.0199. The van der Waals surface area contributed by atoms with Gasteiger partial charge in [-0.3, -0.25) is 9.69 Å². The molecule has 1 aromatic carbocycles. The van der Waals surface area contributed by atoms with Gasteiger partial charge in [0.05, 0.1) is 6.04 Å². The summed E-state index contributed by atoms with van der Waals surface area (Å²) < 4.78 is 0. The summed E-state index contributed by atoms with van der Waals surface area (Å²) >= 11 is 0. The van der Waals surface area contributed by atoms with Crippen LogP contribution in [0.15, 0.2) is 24.3 Å². The number of likely N-dealkylation sites (N-methyl/N-ethyl adjacent to an activating group) is 1. The van der Waals surface area contributed by atoms with E-state index in [1.807, 2.05) is 19.1 Å². The van der Waals surface area contributed by atoms with Crippen LogP contribution in [-0.4, -0.2) is 55.5 Å². The van der Waals surface area contributed by atoms with E-state index in [0.717, 1.165) is 31.7 Å². The van der Waals surface area contributed by atoms with Gasteiger partial charge in [-0.2, -0.15) is 0 Å².